The van der Waals surface area contributed by atoms with Crippen LogP contribution >= 0.6 is 0 Å². The van der Waals surface area contributed by atoms with Crippen LogP contribution in [-0.4, -0.2) is 42.4 Å². The molecular weight excluding hydrogens is 336 g/mol. The van der Waals surface area contributed by atoms with Crippen molar-refractivity contribution in [1.82, 2.24) is 10.3 Å². The molecule has 0 aliphatic carbocycles. The Bertz CT molecular complexity index is 779. The summed E-state index contributed by atoms with van der Waals surface area (Å²) < 4.78 is 9.97. The number of nitrogens with one attached hydrogen (secondary N) is 2. The Labute approximate surface area is 151 Å². The predicted molar refractivity (Wildman–Crippen MR) is 95.7 cm³/mol. The lowest BCUT2D eigenvalue weighted by molar-refractivity contribution is -0.145. The Morgan fingerprint density at radius 3 is 2.54 bits per heavy atom. The molecule has 2 rings (SSSR count). The number of ketones is 1. The topological polar surface area (TPSA) is 97.5 Å². The summed E-state index contributed by atoms with van der Waals surface area (Å²) in [7, 11) is 1.57. The van der Waals surface area contributed by atoms with Crippen molar-refractivity contribution in [3.63, 3.8) is 0 Å². The predicted octanol–water partition coefficient (Wildman–Crippen LogP) is 1.97. The highest BCUT2D eigenvalue weighted by Gasteiger charge is 2.18. The van der Waals surface area contributed by atoms with E-state index < -0.39 is 17.9 Å². The lowest BCUT2D eigenvalue weighted by Crippen LogP contribution is -2.39. The highest BCUT2D eigenvalue weighted by molar-refractivity contribution is 5.97. The minimum Gasteiger partial charge on any atom is -0.497 e. The van der Waals surface area contributed by atoms with Crippen LogP contribution in [0.15, 0.2) is 48.7 Å². The number of amides is 1. The van der Waals surface area contributed by atoms with Crippen LogP contribution in [0.4, 0.5) is 0 Å². The molecule has 1 atom stereocenters. The number of methoxy groups -OCH3 is 1. The van der Waals surface area contributed by atoms with Crippen molar-refractivity contribution in [2.45, 2.75) is 13.0 Å². The van der Waals surface area contributed by atoms with Crippen LogP contribution < -0.4 is 10.1 Å². The number of ether oxygens (including phenoxy) is 2. The molecule has 0 saturated carbocycles. The third-order valence-corrected chi connectivity index (χ3v) is 3.50. The van der Waals surface area contributed by atoms with E-state index in [1.54, 1.807) is 55.8 Å². The molecule has 0 fully saturated rings. The number of Topliss-reactive ketones (excluding diaryl/α,β-unsaturated/α-hetero) is 1. The fraction of sp³-hybridized carbons (Fsp3) is 0.211. The highest BCUT2D eigenvalue weighted by Crippen LogP contribution is 2.12. The summed E-state index contributed by atoms with van der Waals surface area (Å²) in [6.07, 6.45) is 4.53. The van der Waals surface area contributed by atoms with Gasteiger partial charge in [-0.3, -0.25) is 9.59 Å². The number of aromatic amines is 1. The fourth-order valence-electron chi connectivity index (χ4n) is 2.05. The minimum absolute atomic E-state index is 0.346. The van der Waals surface area contributed by atoms with Gasteiger partial charge in [-0.2, -0.15) is 0 Å². The maximum absolute atomic E-state index is 11.9. The Hall–Kier alpha value is -3.35. The summed E-state index contributed by atoms with van der Waals surface area (Å²) in [5, 5.41) is 2.49. The van der Waals surface area contributed by atoms with Crippen LogP contribution in [0.5, 0.6) is 5.75 Å². The number of esters is 1. The zero-order chi connectivity index (χ0) is 18.9. The van der Waals surface area contributed by atoms with Crippen molar-refractivity contribution in [2.75, 3.05) is 13.7 Å². The van der Waals surface area contributed by atoms with E-state index in [0.717, 1.165) is 11.3 Å². The number of aromatic nitrogens is 1. The zero-order valence-corrected chi connectivity index (χ0v) is 14.5. The van der Waals surface area contributed by atoms with Gasteiger partial charge in [0.25, 0.3) is 0 Å². The molecule has 26 heavy (non-hydrogen) atoms. The van der Waals surface area contributed by atoms with Crippen LogP contribution in [0.1, 0.15) is 23.0 Å². The summed E-state index contributed by atoms with van der Waals surface area (Å²) in [5.74, 6) is -0.754. The lowest BCUT2D eigenvalue weighted by atomic mass is 10.2. The second-order valence-corrected chi connectivity index (χ2v) is 5.45. The molecule has 2 N–H and O–H groups in total. The zero-order valence-electron chi connectivity index (χ0n) is 14.5. The first-order valence-electron chi connectivity index (χ1n) is 7.95. The summed E-state index contributed by atoms with van der Waals surface area (Å²) >= 11 is 0. The lowest BCUT2D eigenvalue weighted by Gasteiger charge is -2.11. The number of hydrogen-bond acceptors (Lipinski definition) is 5. The molecule has 0 saturated heterocycles. The van der Waals surface area contributed by atoms with E-state index in [4.69, 9.17) is 9.47 Å². The molecule has 1 heterocycles. The average molecular weight is 356 g/mol. The molecule has 1 aromatic carbocycles. The molecule has 0 spiro atoms. The van der Waals surface area contributed by atoms with E-state index in [9.17, 15) is 14.4 Å². The second-order valence-electron chi connectivity index (χ2n) is 5.45. The van der Waals surface area contributed by atoms with Crippen molar-refractivity contribution in [3.05, 3.63) is 59.9 Å². The Morgan fingerprint density at radius 1 is 1.19 bits per heavy atom. The molecule has 136 valence electrons. The van der Waals surface area contributed by atoms with Crippen molar-refractivity contribution >= 4 is 23.7 Å². The van der Waals surface area contributed by atoms with Gasteiger partial charge in [0, 0.05) is 12.3 Å². The maximum Gasteiger partial charge on any atom is 0.328 e. The van der Waals surface area contributed by atoms with Crippen LogP contribution in [0, 0.1) is 0 Å². The van der Waals surface area contributed by atoms with Gasteiger partial charge < -0.3 is 19.8 Å². The molecular formula is C19H20N2O5. The van der Waals surface area contributed by atoms with Crippen LogP contribution in [0.2, 0.25) is 0 Å². The number of benzene rings is 1. The highest BCUT2D eigenvalue weighted by atomic mass is 16.5. The van der Waals surface area contributed by atoms with Gasteiger partial charge in [-0.25, -0.2) is 4.79 Å². The maximum atomic E-state index is 11.9. The molecule has 7 nitrogen and oxygen atoms in total. The average Bonchev–Trinajstić information content (AvgIpc) is 3.19. The van der Waals surface area contributed by atoms with Gasteiger partial charge in [0.1, 0.15) is 11.8 Å². The van der Waals surface area contributed by atoms with E-state index in [-0.39, 0.29) is 12.4 Å². The van der Waals surface area contributed by atoms with Crippen molar-refractivity contribution in [3.8, 4) is 5.75 Å². The first-order chi connectivity index (χ1) is 12.5. The van der Waals surface area contributed by atoms with Gasteiger partial charge >= 0.3 is 5.97 Å². The summed E-state index contributed by atoms with van der Waals surface area (Å²) in [4.78, 5) is 38.2. The number of rotatable bonds is 8. The van der Waals surface area contributed by atoms with Crippen LogP contribution in [0.3, 0.4) is 0 Å². The van der Waals surface area contributed by atoms with Crippen molar-refractivity contribution in [1.29, 1.82) is 0 Å². The normalized spacial score (nSPS) is 11.8. The smallest absolute Gasteiger partial charge is 0.328 e. The minimum atomic E-state index is -0.876. The molecule has 1 aromatic heterocycles. The number of hydrogen-bond donors (Lipinski definition) is 2. The first-order valence-corrected chi connectivity index (χ1v) is 7.95. The third-order valence-electron chi connectivity index (χ3n) is 3.50. The first kappa shape index (κ1) is 19.0. The molecule has 2 aromatic rings. The molecule has 0 aliphatic rings. The van der Waals surface area contributed by atoms with E-state index in [1.807, 2.05) is 0 Å². The number of carbonyl (C=O) groups is 3. The van der Waals surface area contributed by atoms with E-state index >= 15 is 0 Å². The second kappa shape index (κ2) is 9.22. The quantitative estimate of drug-likeness (QED) is 0.428. The molecule has 0 radical (unpaired) electrons. The van der Waals surface area contributed by atoms with Crippen LogP contribution in [0.25, 0.3) is 6.08 Å². The number of carbonyl (C=O) groups excluding carboxylic acids is 3. The van der Waals surface area contributed by atoms with E-state index in [2.05, 4.69) is 10.3 Å². The van der Waals surface area contributed by atoms with Gasteiger partial charge in [0.2, 0.25) is 11.7 Å². The van der Waals surface area contributed by atoms with Crippen molar-refractivity contribution < 1.29 is 23.9 Å². The van der Waals surface area contributed by atoms with E-state index in [0.29, 0.717) is 5.69 Å². The van der Waals surface area contributed by atoms with Gasteiger partial charge in [0.15, 0.2) is 6.61 Å². The van der Waals surface area contributed by atoms with E-state index in [1.165, 1.54) is 13.0 Å². The van der Waals surface area contributed by atoms with Gasteiger partial charge in [0.05, 0.1) is 12.8 Å². The molecule has 0 aliphatic heterocycles. The van der Waals surface area contributed by atoms with Crippen LogP contribution in [-0.2, 0) is 14.3 Å². The molecule has 1 amide bonds. The Kier molecular flexibility index (Phi) is 6.73. The van der Waals surface area contributed by atoms with Gasteiger partial charge in [-0.15, -0.1) is 0 Å². The fourth-order valence-corrected chi connectivity index (χ4v) is 2.05. The van der Waals surface area contributed by atoms with Crippen molar-refractivity contribution in [2.24, 2.45) is 0 Å². The SMILES string of the molecule is COc1ccc(/C=C/C(=O)NC(C)C(=O)OCC(=O)c2ccc[nH]2)cc1. The number of H-pyrrole nitrogens is 1. The monoisotopic (exact) mass is 356 g/mol. The largest absolute Gasteiger partial charge is 0.497 e. The Morgan fingerprint density at radius 2 is 1.92 bits per heavy atom. The standard InChI is InChI=1S/C19H20N2O5/c1-13(19(24)26-12-17(22)16-4-3-11-20-16)21-18(23)10-7-14-5-8-15(25-2)9-6-14/h3-11,13,20H,12H2,1-2H3,(H,21,23)/b10-7+. The molecule has 0 bridgehead atoms. The summed E-state index contributed by atoms with van der Waals surface area (Å²) in [5.41, 5.74) is 1.17. The Balaban J connectivity index is 1.78. The molecule has 1 unspecified atom stereocenters. The van der Waals surface area contributed by atoms with Gasteiger partial charge in [-0.1, -0.05) is 12.1 Å². The summed E-state index contributed by atoms with van der Waals surface area (Å²) in [6.45, 7) is 1.10. The van der Waals surface area contributed by atoms with Gasteiger partial charge in [-0.05, 0) is 42.8 Å². The third kappa shape index (κ3) is 5.62. The summed E-state index contributed by atoms with van der Waals surface area (Å²) in [6, 6.07) is 9.54. The molecule has 7 heteroatoms.